The smallest absolute Gasteiger partial charge is 0.151 e. The number of ether oxygens (including phenoxy) is 1. The van der Waals surface area contributed by atoms with Gasteiger partial charge in [0.1, 0.15) is 5.75 Å². The van der Waals surface area contributed by atoms with Crippen molar-refractivity contribution in [2.45, 2.75) is 18.5 Å². The van der Waals surface area contributed by atoms with E-state index in [1.54, 1.807) is 7.11 Å². The number of hydrogen-bond acceptors (Lipinski definition) is 2. The minimum Gasteiger partial charge on any atom is -0.497 e. The van der Waals surface area contributed by atoms with Crippen molar-refractivity contribution in [3.63, 3.8) is 0 Å². The van der Waals surface area contributed by atoms with E-state index in [9.17, 15) is 4.39 Å². The maximum Gasteiger partial charge on any atom is 0.151 e. The first-order valence-corrected chi connectivity index (χ1v) is 6.12. The molecule has 4 heteroatoms. The lowest BCUT2D eigenvalue weighted by molar-refractivity contribution is 0.377. The second-order valence-electron chi connectivity index (χ2n) is 5.10. The first-order chi connectivity index (χ1) is 8.61. The van der Waals surface area contributed by atoms with Gasteiger partial charge in [0.05, 0.1) is 18.7 Å². The van der Waals surface area contributed by atoms with Crippen molar-refractivity contribution in [3.8, 4) is 5.75 Å². The average molecular weight is 248 g/mol. The molecule has 3 rings (SSSR count). The number of methoxy groups -OCH3 is 1. The number of fused-ring (bicyclic) bond motifs is 1. The molecule has 3 nitrogen and oxygen atoms in total. The van der Waals surface area contributed by atoms with Crippen LogP contribution in [0.2, 0.25) is 0 Å². The fraction of sp³-hybridized carbons (Fsp3) is 0.429. The zero-order valence-electron chi connectivity index (χ0n) is 10.9. The standard InChI is InChI=1S/C14H17FN2O/c1-16(2)12-8-13(12)17-5-4-9-6-10(18-3)7-11(15)14(9)17/h4-7,12-13H,8H2,1-3H3/t12?,13-/m0/s1. The minimum atomic E-state index is -0.209. The molecule has 0 amide bonds. The largest absolute Gasteiger partial charge is 0.497 e. The van der Waals surface area contributed by atoms with Crippen molar-refractivity contribution in [1.82, 2.24) is 9.47 Å². The first-order valence-electron chi connectivity index (χ1n) is 6.12. The molecule has 0 N–H and O–H groups in total. The molecular formula is C14H17FN2O. The van der Waals surface area contributed by atoms with Gasteiger partial charge in [0.2, 0.25) is 0 Å². The predicted molar refractivity (Wildman–Crippen MR) is 69.6 cm³/mol. The minimum absolute atomic E-state index is 0.209. The van der Waals surface area contributed by atoms with Gasteiger partial charge in [0.15, 0.2) is 5.82 Å². The summed E-state index contributed by atoms with van der Waals surface area (Å²) in [4.78, 5) is 2.19. The van der Waals surface area contributed by atoms with Gasteiger partial charge in [-0.05, 0) is 32.6 Å². The molecule has 0 radical (unpaired) electrons. The van der Waals surface area contributed by atoms with E-state index in [4.69, 9.17) is 4.74 Å². The summed E-state index contributed by atoms with van der Waals surface area (Å²) in [5.41, 5.74) is 0.685. The summed E-state index contributed by atoms with van der Waals surface area (Å²) in [6.07, 6.45) is 3.06. The highest BCUT2D eigenvalue weighted by Gasteiger charge is 2.41. The molecule has 1 aromatic heterocycles. The van der Waals surface area contributed by atoms with E-state index in [-0.39, 0.29) is 5.82 Å². The van der Waals surface area contributed by atoms with Crippen LogP contribution in [0.3, 0.4) is 0 Å². The summed E-state index contributed by atoms with van der Waals surface area (Å²) in [5.74, 6) is 0.358. The Balaban J connectivity index is 2.05. The van der Waals surface area contributed by atoms with E-state index in [1.807, 2.05) is 18.3 Å². The van der Waals surface area contributed by atoms with Crippen LogP contribution in [0.1, 0.15) is 12.5 Å². The second-order valence-corrected chi connectivity index (χ2v) is 5.10. The highest BCUT2D eigenvalue weighted by Crippen LogP contribution is 2.42. The molecule has 2 aromatic rings. The summed E-state index contributed by atoms with van der Waals surface area (Å²) < 4.78 is 21.3. The van der Waals surface area contributed by atoms with Crippen LogP contribution >= 0.6 is 0 Å². The van der Waals surface area contributed by atoms with Gasteiger partial charge >= 0.3 is 0 Å². The van der Waals surface area contributed by atoms with Gasteiger partial charge in [-0.3, -0.25) is 0 Å². The Kier molecular flexibility index (Phi) is 2.55. The van der Waals surface area contributed by atoms with Gasteiger partial charge in [0, 0.05) is 23.7 Å². The molecule has 0 spiro atoms. The summed E-state index contributed by atoms with van der Waals surface area (Å²) in [6, 6.07) is 6.18. The van der Waals surface area contributed by atoms with Crippen LogP contribution < -0.4 is 4.74 Å². The Hall–Kier alpha value is -1.55. The topological polar surface area (TPSA) is 17.4 Å². The van der Waals surface area contributed by atoms with Crippen LogP contribution in [0.15, 0.2) is 24.4 Å². The maximum absolute atomic E-state index is 14.1. The van der Waals surface area contributed by atoms with Crippen LogP contribution in [0.4, 0.5) is 4.39 Å². The monoisotopic (exact) mass is 248 g/mol. The van der Waals surface area contributed by atoms with Crippen molar-refractivity contribution in [3.05, 3.63) is 30.2 Å². The lowest BCUT2D eigenvalue weighted by atomic mass is 10.2. The zero-order chi connectivity index (χ0) is 12.9. The van der Waals surface area contributed by atoms with E-state index in [0.29, 0.717) is 23.3 Å². The Labute approximate surface area is 106 Å². The third-order valence-electron chi connectivity index (χ3n) is 3.72. The number of halogens is 1. The molecule has 96 valence electrons. The Morgan fingerprint density at radius 2 is 2.17 bits per heavy atom. The van der Waals surface area contributed by atoms with Crippen LogP contribution in [-0.2, 0) is 0 Å². The van der Waals surface area contributed by atoms with Gasteiger partial charge in [0.25, 0.3) is 0 Å². The molecule has 1 saturated carbocycles. The third kappa shape index (κ3) is 1.68. The Bertz CT molecular complexity index is 591. The summed E-state index contributed by atoms with van der Waals surface area (Å²) in [6.45, 7) is 0. The number of rotatable bonds is 3. The molecule has 2 atom stereocenters. The van der Waals surface area contributed by atoms with E-state index in [2.05, 4.69) is 23.6 Å². The molecule has 1 aromatic carbocycles. The Morgan fingerprint density at radius 3 is 2.78 bits per heavy atom. The Morgan fingerprint density at radius 1 is 1.39 bits per heavy atom. The fourth-order valence-electron chi connectivity index (χ4n) is 2.65. The fourth-order valence-corrected chi connectivity index (χ4v) is 2.65. The van der Waals surface area contributed by atoms with Crippen LogP contribution in [0.5, 0.6) is 5.75 Å². The van der Waals surface area contributed by atoms with E-state index < -0.39 is 0 Å². The maximum atomic E-state index is 14.1. The van der Waals surface area contributed by atoms with Gasteiger partial charge in [-0.15, -0.1) is 0 Å². The predicted octanol–water partition coefficient (Wildman–Crippen LogP) is 2.66. The molecule has 1 unspecified atom stereocenters. The SMILES string of the molecule is COc1cc(F)c2c(ccn2[C@H]2CC2N(C)C)c1. The number of likely N-dealkylation sites (N-methyl/N-ethyl adjacent to an activating group) is 1. The summed E-state index contributed by atoms with van der Waals surface area (Å²) >= 11 is 0. The van der Waals surface area contributed by atoms with Gasteiger partial charge in [-0.2, -0.15) is 0 Å². The molecule has 1 fully saturated rings. The molecule has 0 aliphatic heterocycles. The molecule has 0 saturated heterocycles. The normalized spacial score (nSPS) is 22.7. The molecule has 0 bridgehead atoms. The first kappa shape index (κ1) is 11.5. The molecule has 1 aliphatic rings. The summed E-state index contributed by atoms with van der Waals surface area (Å²) in [5, 5.41) is 0.899. The van der Waals surface area contributed by atoms with Gasteiger partial charge < -0.3 is 14.2 Å². The van der Waals surface area contributed by atoms with Crippen molar-refractivity contribution < 1.29 is 9.13 Å². The van der Waals surface area contributed by atoms with Crippen LogP contribution in [0.25, 0.3) is 10.9 Å². The molecular weight excluding hydrogens is 231 g/mol. The number of aromatic nitrogens is 1. The number of benzene rings is 1. The van der Waals surface area contributed by atoms with Gasteiger partial charge in [-0.1, -0.05) is 0 Å². The van der Waals surface area contributed by atoms with Crippen molar-refractivity contribution in [1.29, 1.82) is 0 Å². The lowest BCUT2D eigenvalue weighted by Gasteiger charge is -2.11. The average Bonchev–Trinajstić information content (AvgIpc) is 3.02. The van der Waals surface area contributed by atoms with E-state index >= 15 is 0 Å². The number of nitrogens with zero attached hydrogens (tertiary/aromatic N) is 2. The van der Waals surface area contributed by atoms with E-state index in [0.717, 1.165) is 11.8 Å². The lowest BCUT2D eigenvalue weighted by Crippen LogP contribution is -2.17. The van der Waals surface area contributed by atoms with Crippen molar-refractivity contribution >= 4 is 10.9 Å². The molecule has 18 heavy (non-hydrogen) atoms. The molecule has 1 aliphatic carbocycles. The van der Waals surface area contributed by atoms with Crippen LogP contribution in [0, 0.1) is 5.82 Å². The van der Waals surface area contributed by atoms with Crippen LogP contribution in [-0.4, -0.2) is 36.7 Å². The zero-order valence-corrected chi connectivity index (χ0v) is 10.9. The third-order valence-corrected chi connectivity index (χ3v) is 3.72. The second kappa shape index (κ2) is 3.99. The van der Waals surface area contributed by atoms with Crippen molar-refractivity contribution in [2.75, 3.05) is 21.2 Å². The highest BCUT2D eigenvalue weighted by atomic mass is 19.1. The van der Waals surface area contributed by atoms with Crippen molar-refractivity contribution in [2.24, 2.45) is 0 Å². The van der Waals surface area contributed by atoms with Gasteiger partial charge in [-0.25, -0.2) is 4.39 Å². The summed E-state index contributed by atoms with van der Waals surface area (Å²) in [7, 11) is 5.69. The quantitative estimate of drug-likeness (QED) is 0.831. The molecule has 1 heterocycles. The highest BCUT2D eigenvalue weighted by molar-refractivity contribution is 5.82. The number of hydrogen-bond donors (Lipinski definition) is 0. The van der Waals surface area contributed by atoms with E-state index in [1.165, 1.54) is 6.07 Å².